The number of ether oxygens (including phenoxy) is 1. The molecular formula is C16H15ClN2O5S. The van der Waals surface area contributed by atoms with E-state index in [-0.39, 0.29) is 21.2 Å². The number of nitrogens with one attached hydrogen (secondary N) is 1. The summed E-state index contributed by atoms with van der Waals surface area (Å²) in [6.07, 6.45) is 1.04. The lowest BCUT2D eigenvalue weighted by Gasteiger charge is -2.09. The van der Waals surface area contributed by atoms with Gasteiger partial charge >= 0.3 is 5.97 Å². The number of halogens is 1. The molecule has 0 aliphatic rings. The monoisotopic (exact) mass is 382 g/mol. The van der Waals surface area contributed by atoms with Gasteiger partial charge in [0, 0.05) is 11.9 Å². The molecule has 3 N–H and O–H groups in total. The summed E-state index contributed by atoms with van der Waals surface area (Å²) in [7, 11) is -3.45. The second kappa shape index (κ2) is 7.54. The smallest absolute Gasteiger partial charge is 0.338 e. The fourth-order valence-corrected chi connectivity index (χ4v) is 2.66. The van der Waals surface area contributed by atoms with Crippen LogP contribution in [0.1, 0.15) is 10.4 Å². The fourth-order valence-electron chi connectivity index (χ4n) is 1.85. The molecule has 9 heteroatoms. The largest absolute Gasteiger partial charge is 0.452 e. The van der Waals surface area contributed by atoms with Crippen molar-refractivity contribution in [3.63, 3.8) is 0 Å². The summed E-state index contributed by atoms with van der Waals surface area (Å²) in [4.78, 5) is 23.7. The molecule has 132 valence electrons. The van der Waals surface area contributed by atoms with Gasteiger partial charge in [-0.25, -0.2) is 13.2 Å². The average molecular weight is 383 g/mol. The van der Waals surface area contributed by atoms with Crippen molar-refractivity contribution < 1.29 is 22.7 Å². The van der Waals surface area contributed by atoms with Gasteiger partial charge in [0.05, 0.1) is 21.2 Å². The first-order valence-electron chi connectivity index (χ1n) is 6.99. The van der Waals surface area contributed by atoms with Gasteiger partial charge in [-0.15, -0.1) is 0 Å². The van der Waals surface area contributed by atoms with Gasteiger partial charge in [0.25, 0.3) is 5.91 Å². The van der Waals surface area contributed by atoms with Crippen molar-refractivity contribution in [2.45, 2.75) is 4.90 Å². The Morgan fingerprint density at radius 3 is 2.40 bits per heavy atom. The Hall–Kier alpha value is -2.58. The highest BCUT2D eigenvalue weighted by Gasteiger charge is 2.14. The van der Waals surface area contributed by atoms with E-state index in [2.05, 4.69) is 5.32 Å². The average Bonchev–Trinajstić information content (AvgIpc) is 2.54. The Morgan fingerprint density at radius 1 is 1.16 bits per heavy atom. The minimum Gasteiger partial charge on any atom is -0.452 e. The molecule has 7 nitrogen and oxygen atoms in total. The minimum absolute atomic E-state index is 0.00562. The molecular weight excluding hydrogens is 368 g/mol. The Morgan fingerprint density at radius 2 is 1.80 bits per heavy atom. The summed E-state index contributed by atoms with van der Waals surface area (Å²) in [5.74, 6) is -1.34. The van der Waals surface area contributed by atoms with Crippen LogP contribution < -0.4 is 11.1 Å². The topological polar surface area (TPSA) is 116 Å². The van der Waals surface area contributed by atoms with E-state index in [1.165, 1.54) is 42.5 Å². The second-order valence-electron chi connectivity index (χ2n) is 5.16. The SMILES string of the molecule is CS(=O)(=O)c1ccc(Cl)c(NC(=O)COC(=O)c2ccc(N)cc2)c1. The zero-order chi connectivity index (χ0) is 18.6. The second-order valence-corrected chi connectivity index (χ2v) is 7.58. The summed E-state index contributed by atoms with van der Waals surface area (Å²) in [5.41, 5.74) is 6.37. The van der Waals surface area contributed by atoms with E-state index in [0.29, 0.717) is 5.69 Å². The number of carbonyl (C=O) groups is 2. The van der Waals surface area contributed by atoms with E-state index in [1.807, 2.05) is 0 Å². The normalized spacial score (nSPS) is 11.0. The highest BCUT2D eigenvalue weighted by Crippen LogP contribution is 2.25. The van der Waals surface area contributed by atoms with Gasteiger partial charge in [0.15, 0.2) is 16.4 Å². The number of hydrogen-bond donors (Lipinski definition) is 2. The summed E-state index contributed by atoms with van der Waals surface area (Å²) >= 11 is 5.93. The molecule has 0 saturated heterocycles. The number of carbonyl (C=O) groups excluding carboxylic acids is 2. The van der Waals surface area contributed by atoms with Crippen molar-refractivity contribution in [3.8, 4) is 0 Å². The van der Waals surface area contributed by atoms with Gasteiger partial charge in [-0.05, 0) is 42.5 Å². The van der Waals surface area contributed by atoms with Crippen LogP contribution in [-0.4, -0.2) is 33.2 Å². The molecule has 1 amide bonds. The standard InChI is InChI=1S/C16H15ClN2O5S/c1-25(22,23)12-6-7-13(17)14(8-12)19-15(20)9-24-16(21)10-2-4-11(18)5-3-10/h2-8H,9,18H2,1H3,(H,19,20). The van der Waals surface area contributed by atoms with Crippen LogP contribution in [0.4, 0.5) is 11.4 Å². The highest BCUT2D eigenvalue weighted by atomic mass is 35.5. The fraction of sp³-hybridized carbons (Fsp3) is 0.125. The first kappa shape index (κ1) is 18.8. The number of nitrogens with two attached hydrogens (primary N) is 1. The van der Waals surface area contributed by atoms with E-state index >= 15 is 0 Å². The number of sulfone groups is 1. The van der Waals surface area contributed by atoms with E-state index in [9.17, 15) is 18.0 Å². The third kappa shape index (κ3) is 5.20. The zero-order valence-electron chi connectivity index (χ0n) is 13.2. The first-order chi connectivity index (χ1) is 11.7. The molecule has 2 aromatic carbocycles. The molecule has 0 aliphatic heterocycles. The Labute approximate surface area is 149 Å². The predicted molar refractivity (Wildman–Crippen MR) is 94.3 cm³/mol. The number of anilines is 2. The van der Waals surface area contributed by atoms with Crippen LogP contribution >= 0.6 is 11.6 Å². The molecule has 0 aliphatic carbocycles. The van der Waals surface area contributed by atoms with Crippen LogP contribution in [0.2, 0.25) is 5.02 Å². The van der Waals surface area contributed by atoms with Crippen molar-refractivity contribution in [2.24, 2.45) is 0 Å². The maximum absolute atomic E-state index is 11.9. The van der Waals surface area contributed by atoms with Crippen LogP contribution in [0.15, 0.2) is 47.4 Å². The molecule has 0 aromatic heterocycles. The van der Waals surface area contributed by atoms with Gasteiger partial charge in [-0.1, -0.05) is 11.6 Å². The molecule has 2 rings (SSSR count). The maximum atomic E-state index is 11.9. The lowest BCUT2D eigenvalue weighted by atomic mass is 10.2. The molecule has 25 heavy (non-hydrogen) atoms. The van der Waals surface area contributed by atoms with Crippen LogP contribution in [0.3, 0.4) is 0 Å². The van der Waals surface area contributed by atoms with Crippen molar-refractivity contribution >= 4 is 44.7 Å². The number of esters is 1. The quantitative estimate of drug-likeness (QED) is 0.604. The molecule has 0 spiro atoms. The van der Waals surface area contributed by atoms with Gasteiger partial charge in [-0.2, -0.15) is 0 Å². The van der Waals surface area contributed by atoms with E-state index in [4.69, 9.17) is 22.1 Å². The number of benzene rings is 2. The van der Waals surface area contributed by atoms with Crippen LogP contribution in [0, 0.1) is 0 Å². The number of nitrogen functional groups attached to an aromatic ring is 1. The molecule has 0 saturated carbocycles. The van der Waals surface area contributed by atoms with Gasteiger partial charge in [0.2, 0.25) is 0 Å². The third-order valence-corrected chi connectivity index (χ3v) is 4.56. The Balaban J connectivity index is 2.01. The molecule has 2 aromatic rings. The summed E-state index contributed by atoms with van der Waals surface area (Å²) in [6, 6.07) is 9.93. The summed E-state index contributed by atoms with van der Waals surface area (Å²) < 4.78 is 28.0. The molecule has 0 atom stereocenters. The summed E-state index contributed by atoms with van der Waals surface area (Å²) in [5, 5.41) is 2.56. The molecule has 0 heterocycles. The van der Waals surface area contributed by atoms with E-state index < -0.39 is 28.3 Å². The van der Waals surface area contributed by atoms with Crippen molar-refractivity contribution in [3.05, 3.63) is 53.1 Å². The Bertz CT molecular complexity index is 911. The molecule has 0 bridgehead atoms. The van der Waals surface area contributed by atoms with Crippen molar-refractivity contribution in [2.75, 3.05) is 23.9 Å². The van der Waals surface area contributed by atoms with Gasteiger partial charge in [0.1, 0.15) is 0 Å². The third-order valence-electron chi connectivity index (χ3n) is 3.12. The van der Waals surface area contributed by atoms with Crippen LogP contribution in [-0.2, 0) is 19.4 Å². The number of hydrogen-bond acceptors (Lipinski definition) is 6. The predicted octanol–water partition coefficient (Wildman–Crippen LogP) is 2.12. The number of rotatable bonds is 5. The van der Waals surface area contributed by atoms with Gasteiger partial charge < -0.3 is 15.8 Å². The molecule has 0 fully saturated rings. The van der Waals surface area contributed by atoms with E-state index in [0.717, 1.165) is 6.26 Å². The molecule has 0 radical (unpaired) electrons. The maximum Gasteiger partial charge on any atom is 0.338 e. The zero-order valence-corrected chi connectivity index (χ0v) is 14.7. The minimum atomic E-state index is -3.45. The highest BCUT2D eigenvalue weighted by molar-refractivity contribution is 7.90. The van der Waals surface area contributed by atoms with Crippen molar-refractivity contribution in [1.29, 1.82) is 0 Å². The lowest BCUT2D eigenvalue weighted by Crippen LogP contribution is -2.21. The van der Waals surface area contributed by atoms with Crippen molar-refractivity contribution in [1.82, 2.24) is 0 Å². The summed E-state index contributed by atoms with van der Waals surface area (Å²) in [6.45, 7) is -0.553. The van der Waals surface area contributed by atoms with Crippen LogP contribution in [0.25, 0.3) is 0 Å². The first-order valence-corrected chi connectivity index (χ1v) is 9.26. The Kier molecular flexibility index (Phi) is 5.66. The molecule has 0 unspecified atom stereocenters. The number of amides is 1. The van der Waals surface area contributed by atoms with E-state index in [1.54, 1.807) is 0 Å². The lowest BCUT2D eigenvalue weighted by molar-refractivity contribution is -0.119. The van der Waals surface area contributed by atoms with Crippen LogP contribution in [0.5, 0.6) is 0 Å². The van der Waals surface area contributed by atoms with Gasteiger partial charge in [-0.3, -0.25) is 4.79 Å².